The Bertz CT molecular complexity index is 489. The largest absolute Gasteiger partial charge is 0.481 e. The lowest BCUT2D eigenvalue weighted by Crippen LogP contribution is -2.47. The van der Waals surface area contributed by atoms with Crippen molar-refractivity contribution < 1.29 is 14.7 Å². The maximum absolute atomic E-state index is 12.5. The molecule has 6 heteroatoms. The lowest BCUT2D eigenvalue weighted by atomic mass is 9.81. The fourth-order valence-electron chi connectivity index (χ4n) is 4.46. The monoisotopic (exact) mass is 321 g/mol. The maximum Gasteiger partial charge on any atom is 0.317 e. The highest BCUT2D eigenvalue weighted by molar-refractivity contribution is 5.81. The van der Waals surface area contributed by atoms with Gasteiger partial charge in [-0.15, -0.1) is 6.58 Å². The van der Waals surface area contributed by atoms with Crippen molar-refractivity contribution in [3.8, 4) is 0 Å². The van der Waals surface area contributed by atoms with Crippen LogP contribution in [0.1, 0.15) is 32.1 Å². The summed E-state index contributed by atoms with van der Waals surface area (Å²) in [6.07, 6.45) is 7.48. The molecule has 3 fully saturated rings. The Balaban J connectivity index is 1.63. The third kappa shape index (κ3) is 3.09. The molecule has 3 aliphatic rings. The summed E-state index contributed by atoms with van der Waals surface area (Å²) in [5, 5.41) is 12.9. The Morgan fingerprint density at radius 3 is 2.57 bits per heavy atom. The van der Waals surface area contributed by atoms with Gasteiger partial charge in [0.05, 0.1) is 0 Å². The Morgan fingerprint density at radius 2 is 1.96 bits per heavy atom. The highest BCUT2D eigenvalue weighted by Gasteiger charge is 2.58. The number of hydrogen-bond donors (Lipinski definition) is 2. The standard InChI is InChI=1S/C17H27N3O3/c1-2-8-19-9-13-10-20(12-17(13,11-19)15(21)22)16(23)18-14-6-4-3-5-7-14/h2,13-14H,1,3-12H2,(H,18,23)(H,21,22)/t13-,17-/m0/s1. The third-order valence-electron chi connectivity index (χ3n) is 5.71. The Labute approximate surface area is 137 Å². The zero-order chi connectivity index (χ0) is 16.4. The lowest BCUT2D eigenvalue weighted by molar-refractivity contribution is -0.148. The first kappa shape index (κ1) is 16.3. The molecule has 1 saturated carbocycles. The van der Waals surface area contributed by atoms with E-state index >= 15 is 0 Å². The van der Waals surface area contributed by atoms with Crippen LogP contribution in [0.15, 0.2) is 12.7 Å². The minimum atomic E-state index is -0.813. The van der Waals surface area contributed by atoms with Gasteiger partial charge in [-0.1, -0.05) is 25.3 Å². The number of carboxylic acids is 1. The van der Waals surface area contributed by atoms with Crippen molar-refractivity contribution in [2.45, 2.75) is 38.1 Å². The first-order valence-electron chi connectivity index (χ1n) is 8.67. The molecule has 6 nitrogen and oxygen atoms in total. The second-order valence-electron chi connectivity index (χ2n) is 7.31. The van der Waals surface area contributed by atoms with Gasteiger partial charge in [0.25, 0.3) is 0 Å². The van der Waals surface area contributed by atoms with E-state index in [0.717, 1.165) is 19.4 Å². The third-order valence-corrected chi connectivity index (χ3v) is 5.71. The number of likely N-dealkylation sites (tertiary alicyclic amines) is 2. The van der Waals surface area contributed by atoms with Gasteiger partial charge in [-0.3, -0.25) is 9.69 Å². The van der Waals surface area contributed by atoms with Gasteiger partial charge in [0, 0.05) is 44.7 Å². The van der Waals surface area contributed by atoms with Crippen LogP contribution >= 0.6 is 0 Å². The molecule has 128 valence electrons. The topological polar surface area (TPSA) is 72.9 Å². The number of carbonyl (C=O) groups is 2. The van der Waals surface area contributed by atoms with Crippen LogP contribution < -0.4 is 5.32 Å². The van der Waals surface area contributed by atoms with Crippen molar-refractivity contribution in [2.75, 3.05) is 32.7 Å². The molecule has 3 rings (SSSR count). The summed E-state index contributed by atoms with van der Waals surface area (Å²) in [5.41, 5.74) is -0.813. The summed E-state index contributed by atoms with van der Waals surface area (Å²) in [6.45, 7) is 6.53. The van der Waals surface area contributed by atoms with E-state index < -0.39 is 11.4 Å². The van der Waals surface area contributed by atoms with Crippen LogP contribution in [-0.2, 0) is 4.79 Å². The SMILES string of the molecule is C=CCN1C[C@H]2CN(C(=O)NC3CCCCC3)C[C@@]2(C(=O)O)C1. The molecule has 0 bridgehead atoms. The fourth-order valence-corrected chi connectivity index (χ4v) is 4.46. The second-order valence-corrected chi connectivity index (χ2v) is 7.31. The predicted molar refractivity (Wildman–Crippen MR) is 87.2 cm³/mol. The molecule has 0 aromatic carbocycles. The number of carboxylic acid groups (broad SMARTS) is 1. The smallest absolute Gasteiger partial charge is 0.317 e. The normalized spacial score (nSPS) is 31.8. The van der Waals surface area contributed by atoms with Gasteiger partial charge in [0.2, 0.25) is 0 Å². The molecule has 0 aromatic heterocycles. The fraction of sp³-hybridized carbons (Fsp3) is 0.765. The summed E-state index contributed by atoms with van der Waals surface area (Å²) in [5.74, 6) is -0.765. The van der Waals surface area contributed by atoms with Crippen molar-refractivity contribution in [2.24, 2.45) is 11.3 Å². The number of nitrogens with one attached hydrogen (secondary N) is 1. The Hall–Kier alpha value is -1.56. The van der Waals surface area contributed by atoms with E-state index in [1.165, 1.54) is 19.3 Å². The molecule has 2 saturated heterocycles. The number of urea groups is 1. The van der Waals surface area contributed by atoms with E-state index in [0.29, 0.717) is 26.2 Å². The summed E-state index contributed by atoms with van der Waals surface area (Å²) in [4.78, 5) is 28.3. The molecule has 0 spiro atoms. The van der Waals surface area contributed by atoms with Crippen molar-refractivity contribution in [3.63, 3.8) is 0 Å². The summed E-state index contributed by atoms with van der Waals surface area (Å²) < 4.78 is 0. The van der Waals surface area contributed by atoms with Crippen LogP contribution in [0.25, 0.3) is 0 Å². The number of nitrogens with zero attached hydrogens (tertiary/aromatic N) is 2. The van der Waals surface area contributed by atoms with Gasteiger partial charge >= 0.3 is 12.0 Å². The van der Waals surface area contributed by atoms with Crippen LogP contribution in [0.5, 0.6) is 0 Å². The van der Waals surface area contributed by atoms with E-state index in [1.807, 2.05) is 6.08 Å². The summed E-state index contributed by atoms with van der Waals surface area (Å²) in [6, 6.07) is 0.178. The number of amides is 2. The lowest BCUT2D eigenvalue weighted by Gasteiger charge is -2.28. The minimum absolute atomic E-state index is 0.0112. The van der Waals surface area contributed by atoms with E-state index in [9.17, 15) is 14.7 Å². The van der Waals surface area contributed by atoms with Crippen LogP contribution in [0.4, 0.5) is 4.79 Å². The van der Waals surface area contributed by atoms with Crippen molar-refractivity contribution in [1.29, 1.82) is 0 Å². The zero-order valence-electron chi connectivity index (χ0n) is 13.7. The number of fused-ring (bicyclic) bond motifs is 1. The molecule has 0 aromatic rings. The molecular weight excluding hydrogens is 294 g/mol. The van der Waals surface area contributed by atoms with Gasteiger partial charge in [-0.05, 0) is 12.8 Å². The molecule has 0 unspecified atom stereocenters. The first-order chi connectivity index (χ1) is 11.0. The zero-order valence-corrected chi connectivity index (χ0v) is 13.7. The van der Waals surface area contributed by atoms with Crippen LogP contribution in [0, 0.1) is 11.3 Å². The molecule has 2 N–H and O–H groups in total. The molecule has 2 amide bonds. The van der Waals surface area contributed by atoms with Crippen molar-refractivity contribution in [3.05, 3.63) is 12.7 Å². The van der Waals surface area contributed by atoms with Crippen molar-refractivity contribution in [1.82, 2.24) is 15.1 Å². The molecule has 1 aliphatic carbocycles. The summed E-state index contributed by atoms with van der Waals surface area (Å²) >= 11 is 0. The Morgan fingerprint density at radius 1 is 1.22 bits per heavy atom. The van der Waals surface area contributed by atoms with E-state index in [1.54, 1.807) is 4.90 Å². The summed E-state index contributed by atoms with van der Waals surface area (Å²) in [7, 11) is 0. The second kappa shape index (κ2) is 6.51. The van der Waals surface area contributed by atoms with Crippen LogP contribution in [0.2, 0.25) is 0 Å². The number of carbonyl (C=O) groups excluding carboxylic acids is 1. The quantitative estimate of drug-likeness (QED) is 0.770. The van der Waals surface area contributed by atoms with Crippen LogP contribution in [-0.4, -0.2) is 65.7 Å². The van der Waals surface area contributed by atoms with E-state index in [2.05, 4.69) is 16.8 Å². The molecule has 23 heavy (non-hydrogen) atoms. The van der Waals surface area contributed by atoms with Gasteiger partial charge in [-0.25, -0.2) is 4.79 Å². The minimum Gasteiger partial charge on any atom is -0.481 e. The first-order valence-corrected chi connectivity index (χ1v) is 8.67. The van der Waals surface area contributed by atoms with Gasteiger partial charge < -0.3 is 15.3 Å². The Kier molecular flexibility index (Phi) is 4.62. The van der Waals surface area contributed by atoms with E-state index in [4.69, 9.17) is 0 Å². The average molecular weight is 321 g/mol. The highest BCUT2D eigenvalue weighted by Crippen LogP contribution is 2.42. The van der Waals surface area contributed by atoms with Gasteiger partial charge in [0.1, 0.15) is 5.41 Å². The number of hydrogen-bond acceptors (Lipinski definition) is 3. The van der Waals surface area contributed by atoms with Crippen molar-refractivity contribution >= 4 is 12.0 Å². The van der Waals surface area contributed by atoms with E-state index in [-0.39, 0.29) is 18.0 Å². The number of rotatable bonds is 4. The van der Waals surface area contributed by atoms with Gasteiger partial charge in [0.15, 0.2) is 0 Å². The molecule has 2 heterocycles. The van der Waals surface area contributed by atoms with Gasteiger partial charge in [-0.2, -0.15) is 0 Å². The maximum atomic E-state index is 12.5. The predicted octanol–water partition coefficient (Wildman–Crippen LogP) is 1.53. The molecular formula is C17H27N3O3. The average Bonchev–Trinajstić information content (AvgIpc) is 3.03. The van der Waals surface area contributed by atoms with Crippen LogP contribution in [0.3, 0.4) is 0 Å². The molecule has 0 radical (unpaired) electrons. The highest BCUT2D eigenvalue weighted by atomic mass is 16.4. The number of aliphatic carboxylic acids is 1. The molecule has 2 aliphatic heterocycles. The molecule has 2 atom stereocenters.